The molecule has 1 unspecified atom stereocenters. The van der Waals surface area contributed by atoms with E-state index in [-0.39, 0.29) is 11.7 Å². The van der Waals surface area contributed by atoms with E-state index >= 15 is 0 Å². The molecule has 5 nitrogen and oxygen atoms in total. The van der Waals surface area contributed by atoms with E-state index in [1.807, 2.05) is 30.3 Å². The number of ketones is 1. The van der Waals surface area contributed by atoms with Gasteiger partial charge in [0.15, 0.2) is 5.78 Å². The van der Waals surface area contributed by atoms with Crippen LogP contribution in [0.5, 0.6) is 0 Å². The van der Waals surface area contributed by atoms with E-state index in [9.17, 15) is 9.59 Å². The number of anilines is 2. The Morgan fingerprint density at radius 3 is 2.60 bits per heavy atom. The Hall–Kier alpha value is -3.31. The summed E-state index contributed by atoms with van der Waals surface area (Å²) in [4.78, 5) is 28.5. The molecule has 0 spiro atoms. The van der Waals surface area contributed by atoms with Crippen molar-refractivity contribution in [3.8, 4) is 0 Å². The fourth-order valence-electron chi connectivity index (χ4n) is 4.21. The number of hydrogen-bond acceptors (Lipinski definition) is 4. The number of fused-ring (bicyclic) bond motifs is 1. The molecule has 5 rings (SSSR count). The van der Waals surface area contributed by atoms with Crippen LogP contribution in [-0.2, 0) is 4.79 Å². The molecule has 1 aliphatic carbocycles. The molecule has 0 bridgehead atoms. The van der Waals surface area contributed by atoms with Crippen molar-refractivity contribution >= 4 is 34.7 Å². The lowest BCUT2D eigenvalue weighted by Gasteiger charge is -2.32. The molecule has 0 saturated carbocycles. The number of carbonyl (C=O) groups is 2. The van der Waals surface area contributed by atoms with Gasteiger partial charge in [0.25, 0.3) is 5.91 Å². The lowest BCUT2D eigenvalue weighted by Crippen LogP contribution is -2.37. The summed E-state index contributed by atoms with van der Waals surface area (Å²) >= 11 is 6.03. The van der Waals surface area contributed by atoms with Crippen LogP contribution in [0.4, 0.5) is 11.4 Å². The monoisotopic (exact) mass is 418 g/mol. The molecule has 2 aliphatic rings. The minimum atomic E-state index is -0.651. The average molecular weight is 419 g/mol. The molecule has 1 atom stereocenters. The molecule has 0 fully saturated rings. The number of benzene rings is 2. The minimum Gasteiger partial charge on any atom is -0.467 e. The molecule has 6 heteroatoms. The molecular formula is C24H19ClN2O3. The first-order valence-electron chi connectivity index (χ1n) is 9.88. The smallest absolute Gasteiger partial charge is 0.259 e. The molecule has 2 heterocycles. The van der Waals surface area contributed by atoms with Gasteiger partial charge in [-0.1, -0.05) is 23.7 Å². The maximum Gasteiger partial charge on any atom is 0.259 e. The third-order valence-electron chi connectivity index (χ3n) is 5.56. The van der Waals surface area contributed by atoms with Crippen LogP contribution < -0.4 is 10.2 Å². The van der Waals surface area contributed by atoms with Crippen molar-refractivity contribution < 1.29 is 14.0 Å². The summed E-state index contributed by atoms with van der Waals surface area (Å²) in [6.07, 6.45) is 3.55. The molecule has 1 N–H and O–H groups in total. The van der Waals surface area contributed by atoms with E-state index in [0.29, 0.717) is 34.0 Å². The lowest BCUT2D eigenvalue weighted by atomic mass is 9.88. The van der Waals surface area contributed by atoms with E-state index < -0.39 is 6.04 Å². The Kier molecular flexibility index (Phi) is 4.68. The van der Waals surface area contributed by atoms with Crippen LogP contribution in [0, 0.1) is 0 Å². The third-order valence-corrected chi connectivity index (χ3v) is 5.81. The van der Waals surface area contributed by atoms with Gasteiger partial charge in [-0.2, -0.15) is 0 Å². The van der Waals surface area contributed by atoms with Gasteiger partial charge in [0.05, 0.1) is 17.6 Å². The average Bonchev–Trinajstić information content (AvgIpc) is 3.23. The maximum atomic E-state index is 13.8. The number of Topliss-reactive ketones (excluding diaryl/α,β-unsaturated/α-hetero) is 1. The summed E-state index contributed by atoms with van der Waals surface area (Å²) in [6.45, 7) is 0. The number of amides is 1. The van der Waals surface area contributed by atoms with Gasteiger partial charge in [0.2, 0.25) is 0 Å². The van der Waals surface area contributed by atoms with Crippen molar-refractivity contribution in [3.63, 3.8) is 0 Å². The summed E-state index contributed by atoms with van der Waals surface area (Å²) < 4.78 is 5.75. The van der Waals surface area contributed by atoms with Gasteiger partial charge in [-0.05, 0) is 61.4 Å². The van der Waals surface area contributed by atoms with Gasteiger partial charge in [0.1, 0.15) is 11.8 Å². The van der Waals surface area contributed by atoms with E-state index in [1.54, 1.807) is 41.5 Å². The number of furan rings is 1. The highest BCUT2D eigenvalue weighted by Gasteiger charge is 2.41. The summed E-state index contributed by atoms with van der Waals surface area (Å²) in [5.41, 5.74) is 3.41. The zero-order valence-corrected chi connectivity index (χ0v) is 16.9. The minimum absolute atomic E-state index is 0.0341. The van der Waals surface area contributed by atoms with Gasteiger partial charge in [-0.25, -0.2) is 0 Å². The van der Waals surface area contributed by atoms with E-state index in [4.69, 9.17) is 16.0 Å². The van der Waals surface area contributed by atoms with Crippen LogP contribution in [0.2, 0.25) is 5.02 Å². The number of carbonyl (C=O) groups excluding carboxylic acids is 2. The van der Waals surface area contributed by atoms with Gasteiger partial charge in [-0.15, -0.1) is 0 Å². The van der Waals surface area contributed by atoms with Gasteiger partial charge >= 0.3 is 0 Å². The van der Waals surface area contributed by atoms with Crippen LogP contribution in [0.15, 0.2) is 82.6 Å². The molecular weight excluding hydrogens is 400 g/mol. The highest BCUT2D eigenvalue weighted by Crippen LogP contribution is 2.45. The lowest BCUT2D eigenvalue weighted by molar-refractivity contribution is -0.116. The molecule has 3 aromatic rings. The largest absolute Gasteiger partial charge is 0.467 e. The quantitative estimate of drug-likeness (QED) is 0.575. The fourth-order valence-corrected chi connectivity index (χ4v) is 4.33. The van der Waals surface area contributed by atoms with E-state index in [1.165, 1.54) is 0 Å². The Labute approximate surface area is 178 Å². The second-order valence-corrected chi connectivity index (χ2v) is 7.85. The van der Waals surface area contributed by atoms with Gasteiger partial charge in [-0.3, -0.25) is 14.5 Å². The van der Waals surface area contributed by atoms with Crippen molar-refractivity contribution in [1.29, 1.82) is 0 Å². The predicted octanol–water partition coefficient (Wildman–Crippen LogP) is 5.75. The molecule has 30 heavy (non-hydrogen) atoms. The Bertz CT molecular complexity index is 1150. The van der Waals surface area contributed by atoms with E-state index in [2.05, 4.69) is 5.32 Å². The molecule has 1 aliphatic heterocycles. The molecule has 1 aromatic heterocycles. The number of rotatable bonds is 2. The second-order valence-electron chi connectivity index (χ2n) is 7.41. The van der Waals surface area contributed by atoms with Crippen LogP contribution >= 0.6 is 11.6 Å². The van der Waals surface area contributed by atoms with Crippen molar-refractivity contribution in [2.75, 3.05) is 10.2 Å². The van der Waals surface area contributed by atoms with Crippen molar-refractivity contribution in [3.05, 3.63) is 94.5 Å². The summed E-state index contributed by atoms with van der Waals surface area (Å²) in [6, 6.07) is 17.3. The Balaban J connectivity index is 1.76. The Morgan fingerprint density at radius 1 is 1.03 bits per heavy atom. The fraction of sp³-hybridized carbons (Fsp3) is 0.167. The highest BCUT2D eigenvalue weighted by molar-refractivity contribution is 6.30. The number of para-hydroxylation sites is 2. The van der Waals surface area contributed by atoms with Crippen LogP contribution in [0.1, 0.15) is 41.4 Å². The number of nitrogens with zero attached hydrogens (tertiary/aromatic N) is 1. The molecule has 2 aromatic carbocycles. The summed E-state index contributed by atoms with van der Waals surface area (Å²) in [7, 11) is 0. The first kappa shape index (κ1) is 18.7. The van der Waals surface area contributed by atoms with Crippen LogP contribution in [-0.4, -0.2) is 11.7 Å². The van der Waals surface area contributed by atoms with Crippen molar-refractivity contribution in [2.45, 2.75) is 25.3 Å². The molecule has 0 saturated heterocycles. The first-order chi connectivity index (χ1) is 14.6. The normalized spacial score (nSPS) is 18.4. The topological polar surface area (TPSA) is 62.6 Å². The molecule has 0 radical (unpaired) electrons. The van der Waals surface area contributed by atoms with Gasteiger partial charge in [0, 0.05) is 28.3 Å². The predicted molar refractivity (Wildman–Crippen MR) is 116 cm³/mol. The zero-order chi connectivity index (χ0) is 20.7. The number of nitrogens with one attached hydrogen (secondary N) is 1. The number of halogens is 1. The number of allylic oxidation sites excluding steroid dienone is 1. The third kappa shape index (κ3) is 3.12. The van der Waals surface area contributed by atoms with Crippen LogP contribution in [0.25, 0.3) is 0 Å². The summed E-state index contributed by atoms with van der Waals surface area (Å²) in [5.74, 6) is 0.361. The SMILES string of the molecule is O=C1CCCC2=C1C(c1ccco1)N(C(=O)c1ccc(Cl)cc1)c1ccccc1N2. The second kappa shape index (κ2) is 7.50. The first-order valence-corrected chi connectivity index (χ1v) is 10.3. The standard InChI is InChI=1S/C24H19ClN2O3/c25-16-12-10-15(11-13-16)24(29)27-19-7-2-1-5-17(19)26-18-6-3-8-20(28)22(18)23(27)21-9-4-14-30-21/h1-2,4-5,7,9-14,23,26H,3,6,8H2. The number of hydrogen-bond donors (Lipinski definition) is 1. The van der Waals surface area contributed by atoms with Gasteiger partial charge < -0.3 is 9.73 Å². The van der Waals surface area contributed by atoms with E-state index in [0.717, 1.165) is 24.2 Å². The molecule has 1 amide bonds. The Morgan fingerprint density at radius 2 is 1.83 bits per heavy atom. The van der Waals surface area contributed by atoms with Crippen LogP contribution in [0.3, 0.4) is 0 Å². The molecule has 150 valence electrons. The maximum absolute atomic E-state index is 13.8. The van der Waals surface area contributed by atoms with Crippen molar-refractivity contribution in [1.82, 2.24) is 0 Å². The highest BCUT2D eigenvalue weighted by atomic mass is 35.5. The van der Waals surface area contributed by atoms with Crippen molar-refractivity contribution in [2.24, 2.45) is 0 Å². The zero-order valence-electron chi connectivity index (χ0n) is 16.1. The summed E-state index contributed by atoms with van der Waals surface area (Å²) in [5, 5.41) is 3.99.